The van der Waals surface area contributed by atoms with Gasteiger partial charge in [0.1, 0.15) is 6.33 Å². The Bertz CT molecular complexity index is 1430. The van der Waals surface area contributed by atoms with Gasteiger partial charge in [-0.3, -0.25) is 4.57 Å². The standard InChI is InChI=1S/C27H27N7O/c1-31(2)12-22-15-32(16-26(22)35)23-7-8-24-21(9-23)14-33-13-20(19-5-3-18(11-28)4-6-19)10-25(33)27-30-29-17-34(24)27/h3-10,13,17,22,26,35H,12,14-16H2,1-2H3/t22-,26?/m1/s1. The van der Waals surface area contributed by atoms with Crippen molar-refractivity contribution in [2.45, 2.75) is 12.6 Å². The molecule has 0 radical (unpaired) electrons. The van der Waals surface area contributed by atoms with Crippen LogP contribution in [0.5, 0.6) is 0 Å². The van der Waals surface area contributed by atoms with Gasteiger partial charge in [0, 0.05) is 49.5 Å². The molecule has 0 spiro atoms. The van der Waals surface area contributed by atoms with E-state index in [2.05, 4.69) is 75.2 Å². The van der Waals surface area contributed by atoms with E-state index in [-0.39, 0.29) is 12.0 Å². The van der Waals surface area contributed by atoms with E-state index in [1.165, 1.54) is 5.56 Å². The number of nitriles is 1. The maximum Gasteiger partial charge on any atom is 0.185 e. The fourth-order valence-electron chi connectivity index (χ4n) is 5.34. The second-order valence-electron chi connectivity index (χ2n) is 9.76. The third-order valence-corrected chi connectivity index (χ3v) is 7.06. The molecule has 1 unspecified atom stereocenters. The second-order valence-corrected chi connectivity index (χ2v) is 9.76. The smallest absolute Gasteiger partial charge is 0.185 e. The summed E-state index contributed by atoms with van der Waals surface area (Å²) in [6, 6.07) is 18.5. The normalized spacial score (nSPS) is 18.7. The summed E-state index contributed by atoms with van der Waals surface area (Å²) in [6.07, 6.45) is 3.58. The summed E-state index contributed by atoms with van der Waals surface area (Å²) in [4.78, 5) is 4.43. The molecule has 1 N–H and O–H groups in total. The molecule has 4 heterocycles. The lowest BCUT2D eigenvalue weighted by atomic mass is 10.1. The molecule has 1 fully saturated rings. The average molecular weight is 466 g/mol. The number of aromatic nitrogens is 4. The van der Waals surface area contributed by atoms with Gasteiger partial charge in [0.05, 0.1) is 29.1 Å². The summed E-state index contributed by atoms with van der Waals surface area (Å²) in [5.74, 6) is 1.04. The zero-order chi connectivity index (χ0) is 24.1. The van der Waals surface area contributed by atoms with E-state index in [0.717, 1.165) is 47.1 Å². The molecule has 0 amide bonds. The van der Waals surface area contributed by atoms with Crippen LogP contribution in [0.1, 0.15) is 11.1 Å². The number of fused-ring (bicyclic) bond motifs is 5. The number of β-amino-alcohol motifs (C(OH)–C–C–N with tert-alkyl or cyclic N) is 1. The molecule has 2 aliphatic heterocycles. The molecule has 0 bridgehead atoms. The number of nitrogens with zero attached hydrogens (tertiary/aromatic N) is 7. The molecule has 2 aromatic heterocycles. The van der Waals surface area contributed by atoms with Gasteiger partial charge in [-0.1, -0.05) is 12.1 Å². The predicted molar refractivity (Wildman–Crippen MR) is 134 cm³/mol. The van der Waals surface area contributed by atoms with E-state index in [1.54, 1.807) is 6.33 Å². The Kier molecular flexibility index (Phi) is 5.17. The Morgan fingerprint density at radius 3 is 2.69 bits per heavy atom. The number of anilines is 1. The first-order chi connectivity index (χ1) is 17.0. The van der Waals surface area contributed by atoms with Crippen molar-refractivity contribution in [1.29, 1.82) is 5.26 Å². The molecule has 35 heavy (non-hydrogen) atoms. The molecule has 6 rings (SSSR count). The van der Waals surface area contributed by atoms with Crippen LogP contribution >= 0.6 is 0 Å². The van der Waals surface area contributed by atoms with E-state index in [0.29, 0.717) is 18.7 Å². The molecule has 8 heteroatoms. The van der Waals surface area contributed by atoms with Crippen molar-refractivity contribution in [3.05, 3.63) is 72.2 Å². The zero-order valence-electron chi connectivity index (χ0n) is 19.8. The van der Waals surface area contributed by atoms with E-state index in [4.69, 9.17) is 5.26 Å². The predicted octanol–water partition coefficient (Wildman–Crippen LogP) is 2.99. The van der Waals surface area contributed by atoms with E-state index >= 15 is 0 Å². The quantitative estimate of drug-likeness (QED) is 0.439. The van der Waals surface area contributed by atoms with Gasteiger partial charge in [0.25, 0.3) is 0 Å². The van der Waals surface area contributed by atoms with Gasteiger partial charge >= 0.3 is 0 Å². The maximum absolute atomic E-state index is 10.6. The second kappa shape index (κ2) is 8.38. The van der Waals surface area contributed by atoms with Gasteiger partial charge in [-0.25, -0.2) is 0 Å². The lowest BCUT2D eigenvalue weighted by Crippen LogP contribution is -2.29. The van der Waals surface area contributed by atoms with E-state index in [9.17, 15) is 5.11 Å². The van der Waals surface area contributed by atoms with E-state index in [1.807, 2.05) is 28.8 Å². The lowest BCUT2D eigenvalue weighted by molar-refractivity contribution is 0.130. The number of benzene rings is 2. The molecule has 0 saturated carbocycles. The van der Waals surface area contributed by atoms with Gasteiger partial charge in [-0.2, -0.15) is 5.26 Å². The number of hydrogen-bond donors (Lipinski definition) is 1. The Hall–Kier alpha value is -3.93. The molecule has 4 aromatic rings. The van der Waals surface area contributed by atoms with Crippen LogP contribution < -0.4 is 4.90 Å². The minimum atomic E-state index is -0.327. The number of hydrogen-bond acceptors (Lipinski definition) is 6. The first kappa shape index (κ1) is 21.6. The molecule has 176 valence electrons. The van der Waals surface area contributed by atoms with Crippen LogP contribution in [-0.2, 0) is 6.54 Å². The number of aliphatic hydroxyl groups excluding tert-OH is 1. The molecular weight excluding hydrogens is 438 g/mol. The van der Waals surface area contributed by atoms with Crippen molar-refractivity contribution in [3.8, 4) is 34.4 Å². The highest BCUT2D eigenvalue weighted by atomic mass is 16.3. The summed E-state index contributed by atoms with van der Waals surface area (Å²) < 4.78 is 4.27. The monoisotopic (exact) mass is 465 g/mol. The minimum absolute atomic E-state index is 0.235. The minimum Gasteiger partial charge on any atom is -0.391 e. The highest BCUT2D eigenvalue weighted by Gasteiger charge is 2.32. The van der Waals surface area contributed by atoms with Gasteiger partial charge in [0.2, 0.25) is 0 Å². The first-order valence-corrected chi connectivity index (χ1v) is 11.8. The fraction of sp³-hybridized carbons (Fsp3) is 0.296. The Morgan fingerprint density at radius 2 is 1.91 bits per heavy atom. The third kappa shape index (κ3) is 3.79. The van der Waals surface area contributed by atoms with E-state index < -0.39 is 0 Å². The zero-order valence-corrected chi connectivity index (χ0v) is 19.8. The van der Waals surface area contributed by atoms with Crippen molar-refractivity contribution in [3.63, 3.8) is 0 Å². The lowest BCUT2D eigenvalue weighted by Gasteiger charge is -2.21. The summed E-state index contributed by atoms with van der Waals surface area (Å²) in [7, 11) is 4.10. The van der Waals surface area contributed by atoms with Gasteiger partial charge in [-0.05, 0) is 61.6 Å². The van der Waals surface area contributed by atoms with Crippen molar-refractivity contribution >= 4 is 5.69 Å². The number of aliphatic hydroxyl groups is 1. The van der Waals surface area contributed by atoms with Crippen LogP contribution in [0.4, 0.5) is 5.69 Å². The summed E-state index contributed by atoms with van der Waals surface area (Å²) >= 11 is 0. The van der Waals surface area contributed by atoms with Crippen LogP contribution in [0.25, 0.3) is 28.3 Å². The highest BCUT2D eigenvalue weighted by molar-refractivity contribution is 5.72. The molecule has 2 aromatic carbocycles. The third-order valence-electron chi connectivity index (χ3n) is 7.06. The van der Waals surface area contributed by atoms with Gasteiger partial charge < -0.3 is 19.5 Å². The van der Waals surface area contributed by atoms with Crippen molar-refractivity contribution in [2.24, 2.45) is 5.92 Å². The molecule has 2 aliphatic rings. The molecular formula is C27H27N7O. The SMILES string of the molecule is CN(C)C[C@@H]1CN(c2ccc3c(c2)Cn2cc(-c4ccc(C#N)cc4)cc2-c2nncn2-3)CC1O. The number of rotatable bonds is 4. The fourth-order valence-corrected chi connectivity index (χ4v) is 5.34. The van der Waals surface area contributed by atoms with Crippen LogP contribution in [0.3, 0.4) is 0 Å². The van der Waals surface area contributed by atoms with Crippen LogP contribution in [0.15, 0.2) is 61.1 Å². The molecule has 0 aliphatic carbocycles. The molecule has 8 nitrogen and oxygen atoms in total. The van der Waals surface area contributed by atoms with Crippen molar-refractivity contribution in [1.82, 2.24) is 24.2 Å². The highest BCUT2D eigenvalue weighted by Crippen LogP contribution is 2.35. The Labute approximate surface area is 204 Å². The molecule has 2 atom stereocenters. The Morgan fingerprint density at radius 1 is 1.09 bits per heavy atom. The summed E-state index contributed by atoms with van der Waals surface area (Å²) in [5.41, 5.74) is 7.16. The largest absolute Gasteiger partial charge is 0.391 e. The Balaban J connectivity index is 1.36. The first-order valence-electron chi connectivity index (χ1n) is 11.8. The summed E-state index contributed by atoms with van der Waals surface area (Å²) in [6.45, 7) is 3.06. The van der Waals surface area contributed by atoms with Crippen molar-refractivity contribution in [2.75, 3.05) is 38.6 Å². The van der Waals surface area contributed by atoms with Crippen LogP contribution in [0, 0.1) is 17.2 Å². The van der Waals surface area contributed by atoms with Gasteiger partial charge in [0.15, 0.2) is 5.82 Å². The van der Waals surface area contributed by atoms with Crippen LogP contribution in [-0.4, -0.2) is 69.2 Å². The average Bonchev–Trinajstić information content (AvgIpc) is 3.56. The van der Waals surface area contributed by atoms with Gasteiger partial charge in [-0.15, -0.1) is 10.2 Å². The summed E-state index contributed by atoms with van der Waals surface area (Å²) in [5, 5.41) is 28.4. The molecule has 1 saturated heterocycles. The van der Waals surface area contributed by atoms with Crippen LogP contribution in [0.2, 0.25) is 0 Å². The topological polar surface area (TPSA) is 86.1 Å². The van der Waals surface area contributed by atoms with Crippen molar-refractivity contribution < 1.29 is 5.11 Å². The maximum atomic E-state index is 10.6.